The summed E-state index contributed by atoms with van der Waals surface area (Å²) in [5.74, 6) is 0.491. The first-order valence-electron chi connectivity index (χ1n) is 13.5. The number of rotatable bonds is 8. The molecule has 1 saturated heterocycles. The third kappa shape index (κ3) is 5.80. The van der Waals surface area contributed by atoms with Gasteiger partial charge in [-0.25, -0.2) is 4.98 Å². The molecule has 0 bridgehead atoms. The molecule has 0 unspecified atom stereocenters. The first kappa shape index (κ1) is 28.3. The van der Waals surface area contributed by atoms with Crippen molar-refractivity contribution in [3.8, 4) is 17.5 Å². The summed E-state index contributed by atoms with van der Waals surface area (Å²) in [6.45, 7) is 5.40. The number of ether oxygens (including phenoxy) is 1. The van der Waals surface area contributed by atoms with Gasteiger partial charge in [0.2, 0.25) is 11.9 Å². The second-order valence-electron chi connectivity index (χ2n) is 10.2. The fraction of sp³-hybridized carbons (Fsp3) is 0.258. The Morgan fingerprint density at radius 2 is 1.95 bits per heavy atom. The van der Waals surface area contributed by atoms with Crippen molar-refractivity contribution in [2.24, 2.45) is 0 Å². The quantitative estimate of drug-likeness (QED) is 0.305. The van der Waals surface area contributed by atoms with Gasteiger partial charge in [0.25, 0.3) is 5.56 Å². The molecule has 11 nitrogen and oxygen atoms in total. The molecule has 2 aromatic carbocycles. The fourth-order valence-electron chi connectivity index (χ4n) is 5.13. The Kier molecular flexibility index (Phi) is 8.17. The van der Waals surface area contributed by atoms with Crippen LogP contribution >= 0.6 is 0 Å². The third-order valence-electron chi connectivity index (χ3n) is 7.41. The number of nitrogens with one attached hydrogen (secondary N) is 2. The zero-order chi connectivity index (χ0) is 29.8. The van der Waals surface area contributed by atoms with E-state index in [4.69, 9.17) is 4.74 Å². The summed E-state index contributed by atoms with van der Waals surface area (Å²) in [5.41, 5.74) is 2.33. The zero-order valence-electron chi connectivity index (χ0n) is 23.8. The summed E-state index contributed by atoms with van der Waals surface area (Å²) in [6.07, 6.45) is 4.90. The molecule has 0 radical (unpaired) electrons. The van der Waals surface area contributed by atoms with E-state index in [0.29, 0.717) is 39.9 Å². The molecule has 3 heterocycles. The van der Waals surface area contributed by atoms with Crippen LogP contribution < -0.4 is 25.8 Å². The zero-order valence-corrected chi connectivity index (χ0v) is 23.8. The highest BCUT2D eigenvalue weighted by molar-refractivity contribution is 5.99. The molecule has 1 aliphatic heterocycles. The number of methoxy groups -OCH3 is 1. The minimum atomic E-state index is -0.540. The molecule has 5 rings (SSSR count). The predicted octanol–water partition coefficient (Wildman–Crippen LogP) is 4.06. The van der Waals surface area contributed by atoms with Crippen LogP contribution in [0.1, 0.15) is 18.4 Å². The van der Waals surface area contributed by atoms with E-state index in [1.165, 1.54) is 10.6 Å². The number of hydrogen-bond donors (Lipinski definition) is 2. The van der Waals surface area contributed by atoms with Crippen molar-refractivity contribution in [3.05, 3.63) is 83.3 Å². The molecule has 1 fully saturated rings. The number of anilines is 4. The average Bonchev–Trinajstić information content (AvgIpc) is 3.01. The largest absolute Gasteiger partial charge is 0.494 e. The normalized spacial score (nSPS) is 13.5. The van der Waals surface area contributed by atoms with Gasteiger partial charge in [0.15, 0.2) is 5.65 Å². The van der Waals surface area contributed by atoms with Gasteiger partial charge in [-0.15, -0.1) is 0 Å². The second-order valence-corrected chi connectivity index (χ2v) is 10.2. The minimum Gasteiger partial charge on any atom is -0.494 e. The molecule has 2 aromatic heterocycles. The first-order valence-corrected chi connectivity index (χ1v) is 13.5. The van der Waals surface area contributed by atoms with Crippen molar-refractivity contribution in [1.82, 2.24) is 19.4 Å². The minimum absolute atomic E-state index is 0.0563. The van der Waals surface area contributed by atoms with E-state index in [-0.39, 0.29) is 17.4 Å². The van der Waals surface area contributed by atoms with Gasteiger partial charge < -0.3 is 25.2 Å². The van der Waals surface area contributed by atoms with Crippen LogP contribution in [0.2, 0.25) is 0 Å². The van der Waals surface area contributed by atoms with Crippen molar-refractivity contribution >= 4 is 40.0 Å². The number of fused-ring (bicyclic) bond motifs is 1. The number of piperidine rings is 1. The Bertz CT molecular complexity index is 1750. The molecule has 0 spiro atoms. The SMILES string of the molecule is C=CC(=O)Nc1cccc(-n2c(=O)c(C#N)cc3cnc(Nc4ccc(N5CCC(N(C)C)CC5)cc4OC)nc32)c1. The summed E-state index contributed by atoms with van der Waals surface area (Å²) in [5, 5.41) is 16.0. The van der Waals surface area contributed by atoms with E-state index in [1.807, 2.05) is 24.3 Å². The molecule has 214 valence electrons. The number of hydrogen-bond acceptors (Lipinski definition) is 9. The third-order valence-corrected chi connectivity index (χ3v) is 7.41. The number of pyridine rings is 1. The first-order chi connectivity index (χ1) is 20.3. The Morgan fingerprint density at radius 3 is 2.64 bits per heavy atom. The maximum atomic E-state index is 13.3. The molecule has 4 aromatic rings. The van der Waals surface area contributed by atoms with E-state index in [2.05, 4.69) is 51.1 Å². The number of aromatic nitrogens is 3. The van der Waals surface area contributed by atoms with Gasteiger partial charge in [-0.2, -0.15) is 10.2 Å². The fourth-order valence-corrected chi connectivity index (χ4v) is 5.13. The lowest BCUT2D eigenvalue weighted by molar-refractivity contribution is -0.111. The van der Waals surface area contributed by atoms with Crippen LogP contribution in [0.4, 0.5) is 23.0 Å². The van der Waals surface area contributed by atoms with Gasteiger partial charge in [-0.3, -0.25) is 14.2 Å². The average molecular weight is 565 g/mol. The number of nitriles is 1. The number of amides is 1. The molecule has 0 atom stereocenters. The standard InChI is InChI=1S/C31H32N8O3/c1-5-28(40)34-22-7-6-8-25(16-22)39-29-21(15-20(18-32)30(39)41)19-33-31(36-29)35-26-10-9-24(17-27(26)42-4)38-13-11-23(12-14-38)37(2)3/h5-10,15-17,19,23H,1,11-14H2,2-4H3,(H,34,40)(H,33,35,36). The maximum Gasteiger partial charge on any atom is 0.274 e. The van der Waals surface area contributed by atoms with Gasteiger partial charge in [0.05, 0.1) is 18.5 Å². The van der Waals surface area contributed by atoms with E-state index < -0.39 is 5.56 Å². The van der Waals surface area contributed by atoms with Crippen LogP contribution in [0, 0.1) is 11.3 Å². The molecule has 42 heavy (non-hydrogen) atoms. The number of carbonyl (C=O) groups excluding carboxylic acids is 1. The van der Waals surface area contributed by atoms with Crippen LogP contribution in [-0.2, 0) is 4.79 Å². The molecular formula is C31H32N8O3. The van der Waals surface area contributed by atoms with Gasteiger partial charge in [0, 0.05) is 48.2 Å². The number of carbonyl (C=O) groups is 1. The monoisotopic (exact) mass is 564 g/mol. The predicted molar refractivity (Wildman–Crippen MR) is 164 cm³/mol. The number of nitrogens with zero attached hydrogens (tertiary/aromatic N) is 6. The second kappa shape index (κ2) is 12.1. The topological polar surface area (TPSA) is 128 Å². The summed E-state index contributed by atoms with van der Waals surface area (Å²) >= 11 is 0. The highest BCUT2D eigenvalue weighted by Gasteiger charge is 2.22. The highest BCUT2D eigenvalue weighted by Crippen LogP contribution is 2.33. The lowest BCUT2D eigenvalue weighted by Crippen LogP contribution is -2.41. The summed E-state index contributed by atoms with van der Waals surface area (Å²) in [4.78, 5) is 38.9. The van der Waals surface area contributed by atoms with Crippen LogP contribution in [0.25, 0.3) is 16.7 Å². The van der Waals surface area contributed by atoms with E-state index >= 15 is 0 Å². The molecule has 1 amide bonds. The van der Waals surface area contributed by atoms with Crippen molar-refractivity contribution in [2.45, 2.75) is 18.9 Å². The molecule has 0 aliphatic carbocycles. The lowest BCUT2D eigenvalue weighted by Gasteiger charge is -2.36. The Balaban J connectivity index is 1.49. The van der Waals surface area contributed by atoms with Gasteiger partial charge in [0.1, 0.15) is 17.4 Å². The Morgan fingerprint density at radius 1 is 1.17 bits per heavy atom. The van der Waals surface area contributed by atoms with Gasteiger partial charge in [-0.1, -0.05) is 12.6 Å². The highest BCUT2D eigenvalue weighted by atomic mass is 16.5. The van der Waals surface area contributed by atoms with E-state index in [0.717, 1.165) is 37.7 Å². The van der Waals surface area contributed by atoms with Crippen molar-refractivity contribution < 1.29 is 9.53 Å². The Labute approximate surface area is 243 Å². The lowest BCUT2D eigenvalue weighted by atomic mass is 10.0. The number of benzene rings is 2. The maximum absolute atomic E-state index is 13.3. The van der Waals surface area contributed by atoms with Crippen LogP contribution in [0.15, 0.2) is 72.2 Å². The Hall–Kier alpha value is -5.21. The summed E-state index contributed by atoms with van der Waals surface area (Å²) in [6, 6.07) is 16.7. The van der Waals surface area contributed by atoms with Crippen molar-refractivity contribution in [2.75, 3.05) is 49.8 Å². The molecule has 11 heteroatoms. The summed E-state index contributed by atoms with van der Waals surface area (Å²) < 4.78 is 7.04. The van der Waals surface area contributed by atoms with E-state index in [1.54, 1.807) is 37.6 Å². The molecule has 0 saturated carbocycles. The summed E-state index contributed by atoms with van der Waals surface area (Å²) in [7, 11) is 5.87. The molecule has 1 aliphatic rings. The van der Waals surface area contributed by atoms with Gasteiger partial charge >= 0.3 is 0 Å². The van der Waals surface area contributed by atoms with Crippen molar-refractivity contribution in [1.29, 1.82) is 5.26 Å². The van der Waals surface area contributed by atoms with E-state index in [9.17, 15) is 14.9 Å². The van der Waals surface area contributed by atoms with Crippen LogP contribution in [0.3, 0.4) is 0 Å². The van der Waals surface area contributed by atoms with Gasteiger partial charge in [-0.05, 0) is 69.4 Å². The smallest absolute Gasteiger partial charge is 0.274 e. The van der Waals surface area contributed by atoms with Crippen molar-refractivity contribution in [3.63, 3.8) is 0 Å². The molecule has 2 N–H and O–H groups in total. The van der Waals surface area contributed by atoms with Crippen LogP contribution in [-0.4, -0.2) is 65.7 Å². The molecular weight excluding hydrogens is 532 g/mol. The van der Waals surface area contributed by atoms with Crippen LogP contribution in [0.5, 0.6) is 5.75 Å².